The summed E-state index contributed by atoms with van der Waals surface area (Å²) in [5, 5.41) is 2.85. The van der Waals surface area contributed by atoms with E-state index in [2.05, 4.69) is 10.3 Å². The first kappa shape index (κ1) is 14.0. The molecule has 2 rings (SSSR count). The molecule has 1 aromatic heterocycles. The minimum atomic E-state index is -0.270. The number of hydrogen-bond donors (Lipinski definition) is 2. The Labute approximate surface area is 116 Å². The lowest BCUT2D eigenvalue weighted by Crippen LogP contribution is -2.34. The molecule has 3 N–H and O–H groups in total. The Hall–Kier alpha value is -2.43. The van der Waals surface area contributed by atoms with Crippen molar-refractivity contribution in [3.63, 3.8) is 0 Å². The molecule has 0 spiro atoms. The summed E-state index contributed by atoms with van der Waals surface area (Å²) in [4.78, 5) is 15.9. The number of aromatic nitrogens is 1. The predicted octanol–water partition coefficient (Wildman–Crippen LogP) is 2.16. The van der Waals surface area contributed by atoms with Gasteiger partial charge < -0.3 is 11.1 Å². The first-order valence-electron chi connectivity index (χ1n) is 6.32. The zero-order chi connectivity index (χ0) is 14.5. The number of nitrogen functional groups attached to an aromatic ring is 1. The van der Waals surface area contributed by atoms with Crippen LogP contribution in [-0.4, -0.2) is 16.9 Å². The van der Waals surface area contributed by atoms with Crippen molar-refractivity contribution in [3.8, 4) is 0 Å². The highest BCUT2D eigenvalue weighted by molar-refractivity contribution is 5.98. The monoisotopic (exact) mass is 273 g/mol. The van der Waals surface area contributed by atoms with E-state index in [-0.39, 0.29) is 23.6 Å². The Kier molecular flexibility index (Phi) is 4.30. The van der Waals surface area contributed by atoms with Crippen molar-refractivity contribution < 1.29 is 9.18 Å². The molecule has 0 radical (unpaired) electrons. The van der Waals surface area contributed by atoms with Gasteiger partial charge in [0.25, 0.3) is 5.91 Å². The molecule has 1 heterocycles. The Morgan fingerprint density at radius 1 is 1.35 bits per heavy atom. The maximum absolute atomic E-state index is 12.8. The molecule has 20 heavy (non-hydrogen) atoms. The van der Waals surface area contributed by atoms with E-state index in [4.69, 9.17) is 5.73 Å². The lowest BCUT2D eigenvalue weighted by Gasteiger charge is -2.14. The summed E-state index contributed by atoms with van der Waals surface area (Å²) in [6.07, 6.45) is 2.15. The van der Waals surface area contributed by atoms with Gasteiger partial charge in [-0.2, -0.15) is 0 Å². The van der Waals surface area contributed by atoms with Crippen molar-refractivity contribution in [2.24, 2.45) is 0 Å². The number of anilines is 1. The van der Waals surface area contributed by atoms with Crippen LogP contribution >= 0.6 is 0 Å². The second kappa shape index (κ2) is 6.14. The molecule has 0 aliphatic heterocycles. The van der Waals surface area contributed by atoms with E-state index in [1.165, 1.54) is 18.3 Å². The van der Waals surface area contributed by atoms with Gasteiger partial charge in [-0.25, -0.2) is 9.37 Å². The van der Waals surface area contributed by atoms with Gasteiger partial charge in [0.15, 0.2) is 0 Å². The van der Waals surface area contributed by atoms with E-state index in [0.29, 0.717) is 12.0 Å². The van der Waals surface area contributed by atoms with Crippen LogP contribution in [0.5, 0.6) is 0 Å². The first-order valence-corrected chi connectivity index (χ1v) is 6.32. The van der Waals surface area contributed by atoms with Crippen molar-refractivity contribution in [1.29, 1.82) is 0 Å². The van der Waals surface area contributed by atoms with E-state index in [1.807, 2.05) is 6.92 Å². The number of amides is 1. The van der Waals surface area contributed by atoms with Gasteiger partial charge >= 0.3 is 0 Å². The lowest BCUT2D eigenvalue weighted by atomic mass is 10.1. The number of carbonyl (C=O) groups excluding carboxylic acids is 1. The van der Waals surface area contributed by atoms with Crippen LogP contribution in [0, 0.1) is 5.82 Å². The first-order chi connectivity index (χ1) is 9.56. The molecule has 5 heteroatoms. The number of carbonyl (C=O) groups is 1. The minimum absolute atomic E-state index is 0.0902. The van der Waals surface area contributed by atoms with Gasteiger partial charge in [0.05, 0.1) is 5.56 Å². The zero-order valence-electron chi connectivity index (χ0n) is 11.1. The highest BCUT2D eigenvalue weighted by atomic mass is 19.1. The fourth-order valence-electron chi connectivity index (χ4n) is 1.94. The van der Waals surface area contributed by atoms with Gasteiger partial charge in [-0.15, -0.1) is 0 Å². The summed E-state index contributed by atoms with van der Waals surface area (Å²) in [6, 6.07) is 9.42. The van der Waals surface area contributed by atoms with Crippen LogP contribution in [0.2, 0.25) is 0 Å². The summed E-state index contributed by atoms with van der Waals surface area (Å²) >= 11 is 0. The molecule has 1 amide bonds. The van der Waals surface area contributed by atoms with Crippen molar-refractivity contribution in [2.75, 3.05) is 5.73 Å². The maximum atomic E-state index is 12.8. The molecule has 0 fully saturated rings. The zero-order valence-corrected chi connectivity index (χ0v) is 11.1. The third kappa shape index (κ3) is 3.54. The number of nitrogens with zero attached hydrogens (tertiary/aromatic N) is 1. The summed E-state index contributed by atoms with van der Waals surface area (Å²) in [6.45, 7) is 1.88. The van der Waals surface area contributed by atoms with Crippen LogP contribution in [0.4, 0.5) is 10.2 Å². The summed E-state index contributed by atoms with van der Waals surface area (Å²) in [5.41, 5.74) is 6.97. The summed E-state index contributed by atoms with van der Waals surface area (Å²) in [7, 11) is 0. The van der Waals surface area contributed by atoms with Crippen molar-refractivity contribution in [2.45, 2.75) is 19.4 Å². The third-order valence-electron chi connectivity index (χ3n) is 2.92. The van der Waals surface area contributed by atoms with E-state index in [0.717, 1.165) is 5.56 Å². The number of hydrogen-bond acceptors (Lipinski definition) is 3. The minimum Gasteiger partial charge on any atom is -0.383 e. The number of pyridine rings is 1. The number of nitrogens with two attached hydrogens (primary N) is 1. The maximum Gasteiger partial charge on any atom is 0.255 e. The molecule has 104 valence electrons. The third-order valence-corrected chi connectivity index (χ3v) is 2.92. The molecule has 1 atom stereocenters. The fourth-order valence-corrected chi connectivity index (χ4v) is 1.94. The molecular formula is C15H16FN3O. The number of rotatable bonds is 4. The molecule has 0 aliphatic carbocycles. The summed E-state index contributed by atoms with van der Waals surface area (Å²) in [5.74, 6) is -0.322. The molecular weight excluding hydrogens is 257 g/mol. The van der Waals surface area contributed by atoms with Gasteiger partial charge in [-0.3, -0.25) is 4.79 Å². The largest absolute Gasteiger partial charge is 0.383 e. The molecule has 0 aliphatic rings. The van der Waals surface area contributed by atoms with Crippen LogP contribution in [0.25, 0.3) is 0 Å². The quantitative estimate of drug-likeness (QED) is 0.897. The number of halogens is 1. The van der Waals surface area contributed by atoms with E-state index in [1.54, 1.807) is 24.3 Å². The summed E-state index contributed by atoms with van der Waals surface area (Å²) < 4.78 is 12.8. The van der Waals surface area contributed by atoms with E-state index in [9.17, 15) is 9.18 Å². The smallest absolute Gasteiger partial charge is 0.255 e. The SMILES string of the molecule is CC(Cc1ccc(F)cc1)NC(=O)c1cccnc1N. The Bertz CT molecular complexity index is 598. The van der Waals surface area contributed by atoms with Crippen LogP contribution < -0.4 is 11.1 Å². The standard InChI is InChI=1S/C15H16FN3O/c1-10(9-11-4-6-12(16)7-5-11)19-15(20)13-3-2-8-18-14(13)17/h2-8,10H,9H2,1H3,(H2,17,18)(H,19,20). The van der Waals surface area contributed by atoms with Crippen LogP contribution in [0.1, 0.15) is 22.8 Å². The van der Waals surface area contributed by atoms with Crippen LogP contribution in [0.15, 0.2) is 42.6 Å². The average molecular weight is 273 g/mol. The van der Waals surface area contributed by atoms with Gasteiger partial charge in [0.2, 0.25) is 0 Å². The van der Waals surface area contributed by atoms with Gasteiger partial charge in [-0.1, -0.05) is 12.1 Å². The van der Waals surface area contributed by atoms with Gasteiger partial charge in [0.1, 0.15) is 11.6 Å². The molecule has 1 aromatic carbocycles. The van der Waals surface area contributed by atoms with E-state index >= 15 is 0 Å². The highest BCUT2D eigenvalue weighted by Gasteiger charge is 2.13. The second-order valence-electron chi connectivity index (χ2n) is 4.64. The normalized spacial score (nSPS) is 11.9. The van der Waals surface area contributed by atoms with E-state index < -0.39 is 0 Å². The molecule has 4 nitrogen and oxygen atoms in total. The predicted molar refractivity (Wildman–Crippen MR) is 75.7 cm³/mol. The Morgan fingerprint density at radius 2 is 2.05 bits per heavy atom. The van der Waals surface area contributed by atoms with Gasteiger partial charge in [-0.05, 0) is 43.2 Å². The number of nitrogens with one attached hydrogen (secondary N) is 1. The van der Waals surface area contributed by atoms with Crippen LogP contribution in [0.3, 0.4) is 0 Å². The molecule has 2 aromatic rings. The van der Waals surface area contributed by atoms with Crippen molar-refractivity contribution >= 4 is 11.7 Å². The topological polar surface area (TPSA) is 68.0 Å². The lowest BCUT2D eigenvalue weighted by molar-refractivity contribution is 0.0940. The van der Waals surface area contributed by atoms with Crippen molar-refractivity contribution in [3.05, 3.63) is 59.5 Å². The Balaban J connectivity index is 1.98. The molecule has 0 saturated carbocycles. The fraction of sp³-hybridized carbons (Fsp3) is 0.200. The molecule has 0 bridgehead atoms. The molecule has 0 saturated heterocycles. The van der Waals surface area contributed by atoms with Crippen molar-refractivity contribution in [1.82, 2.24) is 10.3 Å². The van der Waals surface area contributed by atoms with Crippen LogP contribution in [-0.2, 0) is 6.42 Å². The number of benzene rings is 1. The molecule has 1 unspecified atom stereocenters. The highest BCUT2D eigenvalue weighted by Crippen LogP contribution is 2.09. The van der Waals surface area contributed by atoms with Gasteiger partial charge in [0, 0.05) is 12.2 Å². The average Bonchev–Trinajstić information content (AvgIpc) is 2.41. The Morgan fingerprint density at radius 3 is 2.70 bits per heavy atom. The second-order valence-corrected chi connectivity index (χ2v) is 4.64.